The van der Waals surface area contributed by atoms with Crippen molar-refractivity contribution in [1.82, 2.24) is 15.2 Å². The fourth-order valence-electron chi connectivity index (χ4n) is 5.43. The molecule has 5 N–H and O–H groups in total. The van der Waals surface area contributed by atoms with E-state index in [9.17, 15) is 0 Å². The zero-order valence-electron chi connectivity index (χ0n) is 26.6. The minimum absolute atomic E-state index is 0.229. The number of nitrogens with one attached hydrogen (secondary N) is 3. The molecular weight excluding hydrogens is 586 g/mol. The van der Waals surface area contributed by atoms with Crippen LogP contribution in [0, 0.1) is 19.3 Å². The highest BCUT2D eigenvalue weighted by atomic mass is 35.5. The number of aromatic nitrogens is 1. The standard InChI is InChI=1S/C36H46ClN5OS/c1-24-17-32-14-12-29(37)20-34(25(2)40-4)35(39)23-44-22-30(38)21-31(41-5)13-11-27-18-28-9-6-7-10-33(28)36(19-27)43-16-8-15-42(32)26(24)3/h6-7,9-10,12,14,17-21,35,38,40-41H,8,11,13,15-16,22-23,39H2,1-5H3/b14-12-,29-20-,31-21-,34-25-,38-30?/t35-/m1/s1. The summed E-state index contributed by atoms with van der Waals surface area (Å²) in [6.07, 6.45) is 10.4. The molecule has 1 aliphatic heterocycles. The average Bonchev–Trinajstić information content (AvgIpc) is 3.29. The summed E-state index contributed by atoms with van der Waals surface area (Å²) in [5.41, 5.74) is 15.0. The van der Waals surface area contributed by atoms with Gasteiger partial charge >= 0.3 is 0 Å². The molecule has 8 heteroatoms. The molecule has 0 unspecified atom stereocenters. The predicted molar refractivity (Wildman–Crippen MR) is 191 cm³/mol. The third-order valence-electron chi connectivity index (χ3n) is 8.14. The predicted octanol–water partition coefficient (Wildman–Crippen LogP) is 7.49. The molecule has 0 amide bonds. The van der Waals surface area contributed by atoms with Crippen molar-refractivity contribution in [3.63, 3.8) is 0 Å². The van der Waals surface area contributed by atoms with Crippen molar-refractivity contribution in [1.29, 1.82) is 5.41 Å². The number of hydrogen-bond acceptors (Lipinski definition) is 6. The number of hydrogen-bond donors (Lipinski definition) is 4. The fourth-order valence-corrected chi connectivity index (χ4v) is 6.47. The van der Waals surface area contributed by atoms with Crippen LogP contribution in [0.5, 0.6) is 5.75 Å². The topological polar surface area (TPSA) is 88.1 Å². The van der Waals surface area contributed by atoms with Crippen molar-refractivity contribution < 1.29 is 4.74 Å². The van der Waals surface area contributed by atoms with Crippen molar-refractivity contribution in [3.8, 4) is 5.75 Å². The SMILES string of the molecule is CN/C1=C\C(=N)CSC[C@@H](N)C(=C(/C)NC)/C=C(Cl)/C=C\c2cc(C)c(C)n2CCCOc2cc(cc3ccccc23)CC1. The van der Waals surface area contributed by atoms with E-state index in [0.717, 1.165) is 59.6 Å². The van der Waals surface area contributed by atoms with Gasteiger partial charge in [-0.15, -0.1) is 0 Å². The van der Waals surface area contributed by atoms with E-state index < -0.39 is 0 Å². The van der Waals surface area contributed by atoms with Gasteiger partial charge in [0.2, 0.25) is 0 Å². The van der Waals surface area contributed by atoms with E-state index in [4.69, 9.17) is 27.5 Å². The zero-order valence-corrected chi connectivity index (χ0v) is 28.2. The Balaban J connectivity index is 1.67. The highest BCUT2D eigenvalue weighted by molar-refractivity contribution is 8.00. The molecule has 3 aromatic rings. The molecule has 0 fully saturated rings. The maximum atomic E-state index is 8.60. The molecule has 0 saturated carbocycles. The summed E-state index contributed by atoms with van der Waals surface area (Å²) in [4.78, 5) is 0. The van der Waals surface area contributed by atoms with Crippen LogP contribution in [-0.4, -0.2) is 48.5 Å². The second kappa shape index (κ2) is 16.1. The van der Waals surface area contributed by atoms with Crippen LogP contribution in [0.2, 0.25) is 0 Å². The van der Waals surface area contributed by atoms with Gasteiger partial charge in [-0.05, 0) is 98.6 Å². The molecule has 2 heterocycles. The fraction of sp³-hybridized carbons (Fsp3) is 0.361. The van der Waals surface area contributed by atoms with Gasteiger partial charge in [0.05, 0.1) is 6.61 Å². The monoisotopic (exact) mass is 631 g/mol. The second-order valence-electron chi connectivity index (χ2n) is 11.3. The van der Waals surface area contributed by atoms with Crippen LogP contribution in [0.25, 0.3) is 16.8 Å². The van der Waals surface area contributed by atoms with E-state index in [1.165, 1.54) is 22.2 Å². The minimum Gasteiger partial charge on any atom is -0.493 e. The number of thioether (sulfide) groups is 1. The van der Waals surface area contributed by atoms with Crippen LogP contribution >= 0.6 is 23.4 Å². The van der Waals surface area contributed by atoms with Gasteiger partial charge in [0.15, 0.2) is 0 Å². The van der Waals surface area contributed by atoms with Gasteiger partial charge in [0.1, 0.15) is 5.75 Å². The van der Waals surface area contributed by atoms with Crippen LogP contribution in [0.3, 0.4) is 0 Å². The minimum atomic E-state index is -0.229. The molecule has 0 spiro atoms. The summed E-state index contributed by atoms with van der Waals surface area (Å²) in [6.45, 7) is 7.77. The molecule has 1 aromatic heterocycles. The Hall–Kier alpha value is -3.39. The number of fused-ring (bicyclic) bond motifs is 5. The summed E-state index contributed by atoms with van der Waals surface area (Å²) >= 11 is 8.42. The van der Waals surface area contributed by atoms with E-state index in [0.29, 0.717) is 28.9 Å². The Bertz CT molecular complexity index is 1600. The lowest BCUT2D eigenvalue weighted by Gasteiger charge is -2.17. The van der Waals surface area contributed by atoms with Gasteiger partial charge < -0.3 is 31.1 Å². The molecule has 2 aromatic carbocycles. The van der Waals surface area contributed by atoms with Crippen molar-refractivity contribution in [2.45, 2.75) is 52.6 Å². The smallest absolute Gasteiger partial charge is 0.127 e. The summed E-state index contributed by atoms with van der Waals surface area (Å²) < 4.78 is 8.77. The first-order chi connectivity index (χ1) is 21.2. The highest BCUT2D eigenvalue weighted by Crippen LogP contribution is 2.29. The molecule has 44 heavy (non-hydrogen) atoms. The lowest BCUT2D eigenvalue weighted by atomic mass is 10.0. The van der Waals surface area contributed by atoms with E-state index in [1.807, 2.05) is 39.2 Å². The molecule has 1 atom stereocenters. The van der Waals surface area contributed by atoms with Crippen LogP contribution in [0.1, 0.15) is 42.3 Å². The molecule has 1 aliphatic rings. The van der Waals surface area contributed by atoms with Gasteiger partial charge in [-0.2, -0.15) is 11.8 Å². The Morgan fingerprint density at radius 1 is 1.09 bits per heavy atom. The summed E-state index contributed by atoms with van der Waals surface area (Å²) in [6, 6.07) is 14.8. The normalized spacial score (nSPS) is 22.1. The van der Waals surface area contributed by atoms with E-state index >= 15 is 0 Å². The Morgan fingerprint density at radius 2 is 1.89 bits per heavy atom. The van der Waals surface area contributed by atoms with Crippen LogP contribution in [-0.2, 0) is 13.0 Å². The van der Waals surface area contributed by atoms with Gasteiger partial charge in [-0.3, -0.25) is 0 Å². The van der Waals surface area contributed by atoms with E-state index in [2.05, 4.69) is 77.6 Å². The Kier molecular flexibility index (Phi) is 12.2. The van der Waals surface area contributed by atoms with Crippen molar-refractivity contribution in [3.05, 3.63) is 105 Å². The average molecular weight is 632 g/mol. The molecule has 0 radical (unpaired) electrons. The van der Waals surface area contributed by atoms with Crippen molar-refractivity contribution in [2.75, 3.05) is 32.2 Å². The van der Waals surface area contributed by atoms with Crippen molar-refractivity contribution >= 4 is 45.9 Å². The summed E-state index contributed by atoms with van der Waals surface area (Å²) in [5, 5.41) is 18.0. The molecule has 4 rings (SSSR count). The lowest BCUT2D eigenvalue weighted by molar-refractivity contribution is 0.304. The first-order valence-corrected chi connectivity index (χ1v) is 16.8. The van der Waals surface area contributed by atoms with Gasteiger partial charge in [-0.1, -0.05) is 41.9 Å². The number of nitrogens with zero attached hydrogens (tertiary/aromatic N) is 1. The number of benzene rings is 2. The maximum Gasteiger partial charge on any atom is 0.127 e. The van der Waals surface area contributed by atoms with Gasteiger partial charge in [0, 0.05) is 77.1 Å². The maximum absolute atomic E-state index is 8.60. The lowest BCUT2D eigenvalue weighted by Crippen LogP contribution is -2.28. The molecule has 0 saturated heterocycles. The molecule has 2 bridgehead atoms. The van der Waals surface area contributed by atoms with Crippen LogP contribution in [0.4, 0.5) is 0 Å². The Labute approximate surface area is 272 Å². The van der Waals surface area contributed by atoms with Crippen LogP contribution in [0.15, 0.2) is 82.7 Å². The van der Waals surface area contributed by atoms with Gasteiger partial charge in [-0.25, -0.2) is 0 Å². The number of halogens is 1. The quantitative estimate of drug-likeness (QED) is 0.235. The Morgan fingerprint density at radius 3 is 2.66 bits per heavy atom. The third-order valence-corrected chi connectivity index (χ3v) is 9.49. The number of ether oxygens (including phenoxy) is 1. The number of allylic oxidation sites excluding steroid dienone is 5. The largest absolute Gasteiger partial charge is 0.493 e. The highest BCUT2D eigenvalue weighted by Gasteiger charge is 2.13. The van der Waals surface area contributed by atoms with Crippen LogP contribution < -0.4 is 21.1 Å². The third kappa shape index (κ3) is 8.84. The molecular formula is C36H46ClN5OS. The van der Waals surface area contributed by atoms with Gasteiger partial charge in [0.25, 0.3) is 0 Å². The molecule has 234 valence electrons. The van der Waals surface area contributed by atoms with Crippen molar-refractivity contribution in [2.24, 2.45) is 5.73 Å². The van der Waals surface area contributed by atoms with E-state index in [-0.39, 0.29) is 6.04 Å². The number of nitrogens with two attached hydrogens (primary N) is 1. The second-order valence-corrected chi connectivity index (χ2v) is 12.7. The summed E-state index contributed by atoms with van der Waals surface area (Å²) in [5.74, 6) is 2.17. The zero-order chi connectivity index (χ0) is 31.6. The number of aryl methyl sites for hydroxylation is 2. The van der Waals surface area contributed by atoms with E-state index in [1.54, 1.807) is 11.8 Å². The molecule has 0 aliphatic carbocycles. The molecule has 6 nitrogen and oxygen atoms in total. The summed E-state index contributed by atoms with van der Waals surface area (Å²) in [7, 11) is 3.82. The first kappa shape index (κ1) is 33.5. The first-order valence-electron chi connectivity index (χ1n) is 15.2. The number of rotatable bonds is 2.